The fourth-order valence-corrected chi connectivity index (χ4v) is 2.62. The van der Waals surface area contributed by atoms with Gasteiger partial charge in [-0.15, -0.1) is 0 Å². The standard InChI is InChI=1S/C16H11BrO2/c17-12-8-6-11(7-9-12)14-13(15(14)16(18)19)10-4-2-1-3-5-10/h1-9,15H,(H,18,19)/t15-/m1/s1. The lowest BCUT2D eigenvalue weighted by atomic mass is 10.1. The van der Waals surface area contributed by atoms with Gasteiger partial charge in [-0.1, -0.05) is 58.4 Å². The molecule has 94 valence electrons. The summed E-state index contributed by atoms with van der Waals surface area (Å²) in [6.07, 6.45) is 0. The van der Waals surface area contributed by atoms with Crippen LogP contribution < -0.4 is 0 Å². The van der Waals surface area contributed by atoms with Gasteiger partial charge in [0.2, 0.25) is 0 Å². The summed E-state index contributed by atoms with van der Waals surface area (Å²) in [6.45, 7) is 0. The van der Waals surface area contributed by atoms with Crippen LogP contribution in [-0.4, -0.2) is 11.1 Å². The molecule has 2 nitrogen and oxygen atoms in total. The Hall–Kier alpha value is -1.87. The molecule has 3 rings (SSSR count). The van der Waals surface area contributed by atoms with Gasteiger partial charge in [0.15, 0.2) is 0 Å². The highest BCUT2D eigenvalue weighted by Gasteiger charge is 2.43. The highest BCUT2D eigenvalue weighted by Crippen LogP contribution is 2.53. The van der Waals surface area contributed by atoms with Gasteiger partial charge in [0, 0.05) is 4.47 Å². The van der Waals surface area contributed by atoms with Crippen molar-refractivity contribution in [3.05, 3.63) is 70.2 Å². The smallest absolute Gasteiger partial charge is 0.315 e. The number of hydrogen-bond acceptors (Lipinski definition) is 1. The first kappa shape index (κ1) is 12.2. The number of benzene rings is 2. The molecule has 1 aliphatic rings. The van der Waals surface area contributed by atoms with Gasteiger partial charge < -0.3 is 5.11 Å². The number of rotatable bonds is 3. The summed E-state index contributed by atoms with van der Waals surface area (Å²) in [7, 11) is 0. The van der Waals surface area contributed by atoms with Crippen LogP contribution in [0.2, 0.25) is 0 Å². The summed E-state index contributed by atoms with van der Waals surface area (Å²) < 4.78 is 0.991. The number of hydrogen-bond donors (Lipinski definition) is 1. The van der Waals surface area contributed by atoms with Gasteiger partial charge in [-0.05, 0) is 34.4 Å². The molecule has 0 aromatic heterocycles. The minimum atomic E-state index is -0.781. The number of aliphatic carboxylic acids is 1. The van der Waals surface area contributed by atoms with E-state index in [1.807, 2.05) is 54.6 Å². The SMILES string of the molecule is O=C(O)[C@@H]1C(c2ccccc2)=C1c1ccc(Br)cc1. The van der Waals surface area contributed by atoms with Crippen LogP contribution in [0.3, 0.4) is 0 Å². The highest BCUT2D eigenvalue weighted by atomic mass is 79.9. The average molecular weight is 315 g/mol. The Labute approximate surface area is 119 Å². The molecule has 1 aliphatic carbocycles. The lowest BCUT2D eigenvalue weighted by Crippen LogP contribution is -2.01. The van der Waals surface area contributed by atoms with Gasteiger partial charge in [-0.2, -0.15) is 0 Å². The fraction of sp³-hybridized carbons (Fsp3) is 0.0625. The summed E-state index contributed by atoms with van der Waals surface area (Å²) in [4.78, 5) is 11.3. The molecule has 2 aromatic rings. The summed E-state index contributed by atoms with van der Waals surface area (Å²) in [5, 5.41) is 9.32. The van der Waals surface area contributed by atoms with E-state index in [1.54, 1.807) is 0 Å². The lowest BCUT2D eigenvalue weighted by Gasteiger charge is -1.96. The third kappa shape index (κ3) is 2.22. The van der Waals surface area contributed by atoms with E-state index >= 15 is 0 Å². The molecule has 0 saturated heterocycles. The van der Waals surface area contributed by atoms with Crippen molar-refractivity contribution in [1.82, 2.24) is 0 Å². The Morgan fingerprint density at radius 3 is 1.95 bits per heavy atom. The van der Waals surface area contributed by atoms with Crippen LogP contribution in [0, 0.1) is 5.92 Å². The van der Waals surface area contributed by atoms with Crippen LogP contribution in [0.25, 0.3) is 11.1 Å². The third-order valence-electron chi connectivity index (χ3n) is 3.27. The first-order chi connectivity index (χ1) is 9.18. The summed E-state index contributed by atoms with van der Waals surface area (Å²) >= 11 is 3.39. The van der Waals surface area contributed by atoms with Crippen LogP contribution in [0.5, 0.6) is 0 Å². The largest absolute Gasteiger partial charge is 0.481 e. The third-order valence-corrected chi connectivity index (χ3v) is 3.80. The molecule has 0 heterocycles. The monoisotopic (exact) mass is 314 g/mol. The van der Waals surface area contributed by atoms with E-state index in [1.165, 1.54) is 0 Å². The summed E-state index contributed by atoms with van der Waals surface area (Å²) in [6, 6.07) is 17.5. The molecule has 0 saturated carbocycles. The minimum Gasteiger partial charge on any atom is -0.481 e. The average Bonchev–Trinajstić information content (AvgIpc) is 3.16. The van der Waals surface area contributed by atoms with Crippen LogP contribution in [0.1, 0.15) is 11.1 Å². The molecule has 19 heavy (non-hydrogen) atoms. The van der Waals surface area contributed by atoms with Crippen LogP contribution in [0.4, 0.5) is 0 Å². The Balaban J connectivity index is 2.04. The van der Waals surface area contributed by atoms with E-state index in [2.05, 4.69) is 15.9 Å². The lowest BCUT2D eigenvalue weighted by molar-refractivity contribution is -0.137. The van der Waals surface area contributed by atoms with Crippen LogP contribution in [-0.2, 0) is 4.79 Å². The van der Waals surface area contributed by atoms with Crippen molar-refractivity contribution in [3.8, 4) is 0 Å². The maximum Gasteiger partial charge on any atom is 0.315 e. The normalized spacial score (nSPS) is 17.4. The van der Waals surface area contributed by atoms with Gasteiger partial charge in [-0.25, -0.2) is 0 Å². The Morgan fingerprint density at radius 2 is 1.42 bits per heavy atom. The van der Waals surface area contributed by atoms with Crippen molar-refractivity contribution in [2.75, 3.05) is 0 Å². The molecule has 0 unspecified atom stereocenters. The Kier molecular flexibility index (Phi) is 2.99. The first-order valence-electron chi connectivity index (χ1n) is 5.96. The minimum absolute atomic E-state index is 0.469. The Morgan fingerprint density at radius 1 is 0.895 bits per heavy atom. The fourth-order valence-electron chi connectivity index (χ4n) is 2.36. The van der Waals surface area contributed by atoms with E-state index in [9.17, 15) is 9.90 Å². The maximum absolute atomic E-state index is 11.3. The van der Waals surface area contributed by atoms with Crippen molar-refractivity contribution >= 4 is 33.0 Å². The van der Waals surface area contributed by atoms with E-state index in [4.69, 9.17) is 0 Å². The van der Waals surface area contributed by atoms with Gasteiger partial charge in [0.25, 0.3) is 0 Å². The first-order valence-corrected chi connectivity index (χ1v) is 6.76. The molecule has 0 radical (unpaired) electrons. The van der Waals surface area contributed by atoms with E-state index in [0.717, 1.165) is 26.7 Å². The van der Waals surface area contributed by atoms with Crippen molar-refractivity contribution in [1.29, 1.82) is 0 Å². The molecule has 3 heteroatoms. The van der Waals surface area contributed by atoms with E-state index in [-0.39, 0.29) is 0 Å². The van der Waals surface area contributed by atoms with Crippen molar-refractivity contribution < 1.29 is 9.90 Å². The second-order valence-corrected chi connectivity index (χ2v) is 5.39. The van der Waals surface area contributed by atoms with Crippen molar-refractivity contribution in [2.24, 2.45) is 5.92 Å². The molecule has 0 fully saturated rings. The quantitative estimate of drug-likeness (QED) is 0.927. The van der Waals surface area contributed by atoms with Crippen molar-refractivity contribution in [2.45, 2.75) is 0 Å². The second-order valence-electron chi connectivity index (χ2n) is 4.47. The van der Waals surface area contributed by atoms with Crippen LogP contribution >= 0.6 is 15.9 Å². The van der Waals surface area contributed by atoms with Gasteiger partial charge in [-0.3, -0.25) is 4.79 Å². The molecule has 0 spiro atoms. The second kappa shape index (κ2) is 4.67. The predicted molar refractivity (Wildman–Crippen MR) is 78.5 cm³/mol. The summed E-state index contributed by atoms with van der Waals surface area (Å²) in [5.74, 6) is -1.25. The molecular weight excluding hydrogens is 304 g/mol. The maximum atomic E-state index is 11.3. The molecule has 1 N–H and O–H groups in total. The molecule has 2 aromatic carbocycles. The van der Waals surface area contributed by atoms with E-state index in [0.29, 0.717) is 0 Å². The number of carboxylic acid groups (broad SMARTS) is 1. The topological polar surface area (TPSA) is 37.3 Å². The van der Waals surface area contributed by atoms with E-state index < -0.39 is 11.9 Å². The molecule has 0 amide bonds. The van der Waals surface area contributed by atoms with Gasteiger partial charge in [0.1, 0.15) is 5.92 Å². The Bertz CT molecular complexity index is 657. The van der Waals surface area contributed by atoms with Gasteiger partial charge in [0.05, 0.1) is 0 Å². The van der Waals surface area contributed by atoms with Crippen LogP contribution in [0.15, 0.2) is 59.1 Å². The molecule has 1 atom stereocenters. The predicted octanol–water partition coefficient (Wildman–Crippen LogP) is 4.07. The number of carbonyl (C=O) groups is 1. The zero-order valence-corrected chi connectivity index (χ0v) is 11.6. The number of carboxylic acids is 1. The zero-order valence-electron chi connectivity index (χ0n) is 10.0. The molecule has 0 aliphatic heterocycles. The molecular formula is C16H11BrO2. The summed E-state index contributed by atoms with van der Waals surface area (Å²) in [5.41, 5.74) is 3.82. The zero-order chi connectivity index (χ0) is 13.4. The highest BCUT2D eigenvalue weighted by molar-refractivity contribution is 9.10. The molecule has 0 bridgehead atoms. The van der Waals surface area contributed by atoms with Gasteiger partial charge >= 0.3 is 5.97 Å². The number of halogens is 1. The van der Waals surface area contributed by atoms with Crippen molar-refractivity contribution in [3.63, 3.8) is 0 Å².